The fraction of sp³-hybridized carbons (Fsp3) is 0.292. The molecule has 4 aromatic rings. The number of anilines is 2. The topological polar surface area (TPSA) is 65.1 Å². The molecule has 0 amide bonds. The van der Waals surface area contributed by atoms with Crippen LogP contribution in [-0.2, 0) is 20.1 Å². The van der Waals surface area contributed by atoms with Crippen molar-refractivity contribution in [2.75, 3.05) is 11.4 Å². The molecule has 2 aromatic heterocycles. The van der Waals surface area contributed by atoms with E-state index < -0.39 is 17.1 Å². The minimum absolute atomic E-state index is 0.105. The Hall–Kier alpha value is -3.39. The first kappa shape index (κ1) is 21.5. The monoisotopic (exact) mass is 467 g/mol. The number of nitrogens with zero attached hydrogens (tertiary/aromatic N) is 5. The quantitative estimate of drug-likeness (QED) is 0.458. The standard InChI is InChI=1S/C24H23ClFN5O2/c1-14-8-9-19(15(2)12-14)29-10-5-11-30-20-21(27-23(29)30)28(3)24(33)31(22(20)32)13-16-17(25)6-4-7-18(16)26/h4,6-9,12H,5,10-11,13H2,1-3H3. The van der Waals surface area contributed by atoms with Crippen LogP contribution in [0.4, 0.5) is 16.0 Å². The van der Waals surface area contributed by atoms with Crippen LogP contribution in [0, 0.1) is 19.7 Å². The Morgan fingerprint density at radius 3 is 2.64 bits per heavy atom. The zero-order valence-corrected chi connectivity index (χ0v) is 19.4. The van der Waals surface area contributed by atoms with E-state index in [1.54, 1.807) is 7.05 Å². The van der Waals surface area contributed by atoms with Crippen molar-refractivity contribution in [3.05, 3.63) is 84.8 Å². The number of hydrogen-bond donors (Lipinski definition) is 0. The van der Waals surface area contributed by atoms with Gasteiger partial charge in [-0.15, -0.1) is 0 Å². The van der Waals surface area contributed by atoms with Crippen LogP contribution in [0.25, 0.3) is 11.2 Å². The second kappa shape index (κ2) is 7.88. The van der Waals surface area contributed by atoms with Gasteiger partial charge in [-0.1, -0.05) is 35.4 Å². The lowest BCUT2D eigenvalue weighted by Crippen LogP contribution is -2.40. The maximum Gasteiger partial charge on any atom is 0.332 e. The van der Waals surface area contributed by atoms with Crippen molar-refractivity contribution in [2.24, 2.45) is 7.05 Å². The summed E-state index contributed by atoms with van der Waals surface area (Å²) in [5.74, 6) is 0.0601. The number of fused-ring (bicyclic) bond motifs is 3. The second-order valence-electron chi connectivity index (χ2n) is 8.46. The molecule has 2 aromatic carbocycles. The number of imidazole rings is 1. The van der Waals surface area contributed by atoms with E-state index in [1.165, 1.54) is 28.3 Å². The molecule has 1 aliphatic rings. The average molecular weight is 468 g/mol. The van der Waals surface area contributed by atoms with E-state index >= 15 is 0 Å². The van der Waals surface area contributed by atoms with E-state index in [0.29, 0.717) is 23.7 Å². The molecule has 5 rings (SSSR count). The first-order valence-corrected chi connectivity index (χ1v) is 11.1. The van der Waals surface area contributed by atoms with Crippen LogP contribution in [0.1, 0.15) is 23.1 Å². The normalized spacial score (nSPS) is 13.5. The van der Waals surface area contributed by atoms with Crippen LogP contribution >= 0.6 is 11.6 Å². The van der Waals surface area contributed by atoms with Gasteiger partial charge in [-0.25, -0.2) is 9.18 Å². The van der Waals surface area contributed by atoms with Crippen LogP contribution in [0.15, 0.2) is 46.0 Å². The highest BCUT2D eigenvalue weighted by Gasteiger charge is 2.28. The van der Waals surface area contributed by atoms with Crippen LogP contribution < -0.4 is 16.1 Å². The van der Waals surface area contributed by atoms with Gasteiger partial charge in [0.2, 0.25) is 5.95 Å². The van der Waals surface area contributed by atoms with E-state index in [1.807, 2.05) is 24.5 Å². The number of rotatable bonds is 3. The number of hydrogen-bond acceptors (Lipinski definition) is 4. The van der Waals surface area contributed by atoms with E-state index in [2.05, 4.69) is 17.0 Å². The van der Waals surface area contributed by atoms with Crippen LogP contribution in [0.2, 0.25) is 5.02 Å². The minimum atomic E-state index is -0.569. The van der Waals surface area contributed by atoms with Crippen molar-refractivity contribution in [3.63, 3.8) is 0 Å². The maximum atomic E-state index is 14.4. The summed E-state index contributed by atoms with van der Waals surface area (Å²) in [6, 6.07) is 10.5. The molecule has 7 nitrogen and oxygen atoms in total. The van der Waals surface area contributed by atoms with E-state index in [-0.39, 0.29) is 17.1 Å². The first-order chi connectivity index (χ1) is 15.8. The molecule has 0 fully saturated rings. The highest BCUT2D eigenvalue weighted by Crippen LogP contribution is 2.33. The fourth-order valence-corrected chi connectivity index (χ4v) is 4.80. The highest BCUT2D eigenvalue weighted by molar-refractivity contribution is 6.31. The van der Waals surface area contributed by atoms with Gasteiger partial charge in [-0.05, 0) is 44.0 Å². The third-order valence-corrected chi connectivity index (χ3v) is 6.59. The van der Waals surface area contributed by atoms with Gasteiger partial charge in [-0.3, -0.25) is 13.9 Å². The predicted octanol–water partition coefficient (Wildman–Crippen LogP) is 3.90. The van der Waals surface area contributed by atoms with Crippen molar-refractivity contribution in [1.82, 2.24) is 18.7 Å². The molecule has 0 bridgehead atoms. The summed E-state index contributed by atoms with van der Waals surface area (Å²) in [5, 5.41) is 0.167. The lowest BCUT2D eigenvalue weighted by Gasteiger charge is -2.30. The molecular formula is C24H23ClFN5O2. The molecule has 1 aliphatic heterocycles. The summed E-state index contributed by atoms with van der Waals surface area (Å²) in [6.07, 6.45) is 0.813. The molecule has 3 heterocycles. The Labute approximate surface area is 194 Å². The SMILES string of the molecule is Cc1ccc(N2CCCn3c2nc2c3c(=O)n(Cc3c(F)cccc3Cl)c(=O)n2C)c(C)c1. The average Bonchev–Trinajstić information content (AvgIpc) is 3.17. The molecule has 0 saturated carbocycles. The third-order valence-electron chi connectivity index (χ3n) is 6.24. The summed E-state index contributed by atoms with van der Waals surface area (Å²) in [4.78, 5) is 33.4. The number of aryl methyl sites for hydroxylation is 4. The van der Waals surface area contributed by atoms with E-state index in [4.69, 9.17) is 16.6 Å². The van der Waals surface area contributed by atoms with Crippen LogP contribution in [0.3, 0.4) is 0 Å². The van der Waals surface area contributed by atoms with Crippen molar-refractivity contribution in [1.29, 1.82) is 0 Å². The van der Waals surface area contributed by atoms with E-state index in [0.717, 1.165) is 28.8 Å². The summed E-state index contributed by atoms with van der Waals surface area (Å²) in [5.41, 5.74) is 2.96. The van der Waals surface area contributed by atoms with Gasteiger partial charge in [-0.2, -0.15) is 4.98 Å². The molecule has 9 heteroatoms. The molecular weight excluding hydrogens is 445 g/mol. The summed E-state index contributed by atoms with van der Waals surface area (Å²) < 4.78 is 18.6. The summed E-state index contributed by atoms with van der Waals surface area (Å²) in [7, 11) is 1.57. The van der Waals surface area contributed by atoms with Gasteiger partial charge in [0.25, 0.3) is 5.56 Å². The molecule has 170 valence electrons. The molecule has 0 aliphatic carbocycles. The van der Waals surface area contributed by atoms with Crippen molar-refractivity contribution < 1.29 is 4.39 Å². The smallest absolute Gasteiger partial charge is 0.312 e. The van der Waals surface area contributed by atoms with Crippen LogP contribution in [-0.4, -0.2) is 25.2 Å². The zero-order valence-electron chi connectivity index (χ0n) is 18.6. The molecule has 0 unspecified atom stereocenters. The van der Waals surface area contributed by atoms with E-state index in [9.17, 15) is 14.0 Å². The Morgan fingerprint density at radius 1 is 1.12 bits per heavy atom. The first-order valence-electron chi connectivity index (χ1n) is 10.8. The lowest BCUT2D eigenvalue weighted by atomic mass is 10.1. The zero-order chi connectivity index (χ0) is 23.4. The fourth-order valence-electron chi connectivity index (χ4n) is 4.58. The van der Waals surface area contributed by atoms with Crippen LogP contribution in [0.5, 0.6) is 0 Å². The molecule has 0 N–H and O–H groups in total. The minimum Gasteiger partial charge on any atom is -0.312 e. The Bertz CT molecular complexity index is 1510. The Balaban J connectivity index is 1.72. The predicted molar refractivity (Wildman–Crippen MR) is 127 cm³/mol. The largest absolute Gasteiger partial charge is 0.332 e. The molecule has 33 heavy (non-hydrogen) atoms. The van der Waals surface area contributed by atoms with Gasteiger partial charge in [0.1, 0.15) is 5.82 Å². The molecule has 0 radical (unpaired) electrons. The van der Waals surface area contributed by atoms with Crippen molar-refractivity contribution >= 4 is 34.4 Å². The van der Waals surface area contributed by atoms with Gasteiger partial charge in [0, 0.05) is 36.4 Å². The number of benzene rings is 2. The van der Waals surface area contributed by atoms with Gasteiger partial charge >= 0.3 is 5.69 Å². The highest BCUT2D eigenvalue weighted by atomic mass is 35.5. The summed E-state index contributed by atoms with van der Waals surface area (Å²) >= 11 is 6.16. The van der Waals surface area contributed by atoms with Gasteiger partial charge in [0.15, 0.2) is 11.2 Å². The molecule has 0 spiro atoms. The number of aromatic nitrogens is 4. The Kier molecular flexibility index (Phi) is 5.12. The van der Waals surface area contributed by atoms with Gasteiger partial charge in [0.05, 0.1) is 6.54 Å². The Morgan fingerprint density at radius 2 is 1.91 bits per heavy atom. The number of halogens is 2. The van der Waals surface area contributed by atoms with Crippen molar-refractivity contribution in [3.8, 4) is 0 Å². The van der Waals surface area contributed by atoms with Crippen molar-refractivity contribution in [2.45, 2.75) is 33.4 Å². The molecule has 0 atom stereocenters. The van der Waals surface area contributed by atoms with Gasteiger partial charge < -0.3 is 9.47 Å². The molecule has 0 saturated heterocycles. The maximum absolute atomic E-state index is 14.4. The lowest BCUT2D eigenvalue weighted by molar-refractivity contribution is 0.578. The second-order valence-corrected chi connectivity index (χ2v) is 8.87. The summed E-state index contributed by atoms with van der Waals surface area (Å²) in [6.45, 7) is 5.18. The third kappa shape index (κ3) is 3.36.